The maximum atomic E-state index is 11.9. The van der Waals surface area contributed by atoms with Crippen molar-refractivity contribution in [2.75, 3.05) is 17.7 Å². The standard InChI is InChI=1S/C16H21N3O4S/c1-3-4-10-22-13-7-5-12(6-8-13)17-14(20)9-11-24-15-16(21)23-18-19(15)2/h5-8H,3-4,9-11H2,1-2H3,(H-,17,18,20,21). The fourth-order valence-electron chi connectivity index (χ4n) is 1.89. The molecule has 1 aromatic heterocycles. The third-order valence-electron chi connectivity index (χ3n) is 3.19. The molecule has 0 bridgehead atoms. The summed E-state index contributed by atoms with van der Waals surface area (Å²) in [7, 11) is 1.62. The highest BCUT2D eigenvalue weighted by Crippen LogP contribution is 2.22. The molecule has 0 saturated carbocycles. The van der Waals surface area contributed by atoms with Gasteiger partial charge in [0.1, 0.15) is 5.75 Å². The van der Waals surface area contributed by atoms with Crippen LogP contribution in [0.25, 0.3) is 0 Å². The molecule has 8 heteroatoms. The number of rotatable bonds is 9. The Kier molecular flexibility index (Phi) is 6.92. The Balaban J connectivity index is 1.74. The average molecular weight is 351 g/mol. The van der Waals surface area contributed by atoms with Gasteiger partial charge in [-0.3, -0.25) is 4.79 Å². The number of carbonyl (C=O) groups is 1. The van der Waals surface area contributed by atoms with E-state index >= 15 is 0 Å². The Bertz CT molecular complexity index is 638. The molecule has 0 aliphatic heterocycles. The molecule has 24 heavy (non-hydrogen) atoms. The van der Waals surface area contributed by atoms with Crippen LogP contribution in [0.5, 0.6) is 11.7 Å². The van der Waals surface area contributed by atoms with Crippen molar-refractivity contribution in [2.24, 2.45) is 7.05 Å². The summed E-state index contributed by atoms with van der Waals surface area (Å²) in [6.45, 7) is 2.81. The van der Waals surface area contributed by atoms with Crippen molar-refractivity contribution >= 4 is 23.4 Å². The molecule has 1 heterocycles. The zero-order chi connectivity index (χ0) is 17.4. The fraction of sp³-hybridized carbons (Fsp3) is 0.438. The van der Waals surface area contributed by atoms with E-state index in [4.69, 9.17) is 4.74 Å². The molecule has 2 aromatic rings. The van der Waals surface area contributed by atoms with E-state index in [-0.39, 0.29) is 12.3 Å². The molecule has 0 spiro atoms. The van der Waals surface area contributed by atoms with Crippen molar-refractivity contribution < 1.29 is 23.8 Å². The Hall–Kier alpha value is -2.22. The summed E-state index contributed by atoms with van der Waals surface area (Å²) in [4.78, 5) is 11.9. The number of aromatic nitrogens is 2. The third-order valence-corrected chi connectivity index (χ3v) is 4.30. The van der Waals surface area contributed by atoms with Gasteiger partial charge >= 0.3 is 0 Å². The molecule has 130 valence electrons. The molecule has 0 atom stereocenters. The largest absolute Gasteiger partial charge is 0.538 e. The third kappa shape index (κ3) is 5.45. The first-order valence-electron chi connectivity index (χ1n) is 7.78. The molecule has 0 radical (unpaired) electrons. The molecule has 2 rings (SSSR count). The van der Waals surface area contributed by atoms with Gasteiger partial charge in [0.05, 0.1) is 11.9 Å². The fourth-order valence-corrected chi connectivity index (χ4v) is 2.75. The van der Waals surface area contributed by atoms with Crippen molar-refractivity contribution in [3.63, 3.8) is 0 Å². The lowest BCUT2D eigenvalue weighted by Gasteiger charge is -2.07. The van der Waals surface area contributed by atoms with Gasteiger partial charge in [-0.05, 0) is 30.7 Å². The van der Waals surface area contributed by atoms with Gasteiger partial charge in [-0.2, -0.15) is 0 Å². The van der Waals surface area contributed by atoms with E-state index in [1.807, 2.05) is 24.3 Å². The smallest absolute Gasteiger partial charge is 0.290 e. The number of aryl methyl sites for hydroxylation is 1. The number of thioether (sulfide) groups is 1. The highest BCUT2D eigenvalue weighted by molar-refractivity contribution is 7.99. The second-order valence-corrected chi connectivity index (χ2v) is 6.25. The summed E-state index contributed by atoms with van der Waals surface area (Å²) in [5.41, 5.74) is 0.716. The van der Waals surface area contributed by atoms with Crippen molar-refractivity contribution in [1.82, 2.24) is 5.27 Å². The van der Waals surface area contributed by atoms with Gasteiger partial charge in [0.2, 0.25) is 5.91 Å². The van der Waals surface area contributed by atoms with E-state index in [0.717, 1.165) is 18.6 Å². The van der Waals surface area contributed by atoms with Crippen molar-refractivity contribution in [3.05, 3.63) is 24.3 Å². The summed E-state index contributed by atoms with van der Waals surface area (Å²) >= 11 is 1.25. The van der Waals surface area contributed by atoms with Crippen LogP contribution in [0.3, 0.4) is 0 Å². The second kappa shape index (κ2) is 9.17. The van der Waals surface area contributed by atoms with E-state index in [2.05, 4.69) is 22.0 Å². The van der Waals surface area contributed by atoms with Crippen molar-refractivity contribution in [3.8, 4) is 11.7 Å². The van der Waals surface area contributed by atoms with Crippen LogP contribution in [0, 0.1) is 0 Å². The minimum atomic E-state index is -0.485. The number of amides is 1. The second-order valence-electron chi connectivity index (χ2n) is 5.16. The molecule has 1 aromatic carbocycles. The number of carbonyl (C=O) groups excluding carboxylic acids is 1. The number of ether oxygens (including phenoxy) is 1. The predicted octanol–water partition coefficient (Wildman–Crippen LogP) is 1.87. The highest BCUT2D eigenvalue weighted by atomic mass is 32.2. The molecular weight excluding hydrogens is 330 g/mol. The lowest BCUT2D eigenvalue weighted by Crippen LogP contribution is -2.32. The molecule has 0 saturated heterocycles. The number of unbranched alkanes of at least 4 members (excludes halogenated alkanes) is 1. The lowest BCUT2D eigenvalue weighted by atomic mass is 10.3. The monoisotopic (exact) mass is 351 g/mol. The van der Waals surface area contributed by atoms with Crippen LogP contribution in [0.2, 0.25) is 0 Å². The number of benzene rings is 1. The zero-order valence-electron chi connectivity index (χ0n) is 13.8. The number of nitrogens with zero attached hydrogens (tertiary/aromatic N) is 2. The minimum Gasteiger partial charge on any atom is -0.538 e. The van der Waals surface area contributed by atoms with Gasteiger partial charge < -0.3 is 19.7 Å². The molecule has 1 N–H and O–H groups in total. The van der Waals surface area contributed by atoms with Crippen LogP contribution in [-0.4, -0.2) is 23.5 Å². The van der Waals surface area contributed by atoms with E-state index in [0.29, 0.717) is 23.1 Å². The van der Waals surface area contributed by atoms with Crippen LogP contribution in [0.1, 0.15) is 26.2 Å². The normalized spacial score (nSPS) is 10.6. The zero-order valence-corrected chi connectivity index (χ0v) is 14.6. The van der Waals surface area contributed by atoms with Crippen LogP contribution in [0.15, 0.2) is 33.8 Å². The summed E-state index contributed by atoms with van der Waals surface area (Å²) in [5.74, 6) is 0.657. The average Bonchev–Trinajstić information content (AvgIpc) is 2.88. The Morgan fingerprint density at radius 3 is 2.79 bits per heavy atom. The van der Waals surface area contributed by atoms with Crippen LogP contribution in [-0.2, 0) is 11.8 Å². The molecule has 7 nitrogen and oxygen atoms in total. The van der Waals surface area contributed by atoms with Crippen LogP contribution < -0.4 is 19.8 Å². The van der Waals surface area contributed by atoms with Crippen LogP contribution >= 0.6 is 11.8 Å². The molecule has 0 unspecified atom stereocenters. The first-order chi connectivity index (χ1) is 11.6. The van der Waals surface area contributed by atoms with Gasteiger partial charge in [0.15, 0.2) is 13.0 Å². The van der Waals surface area contributed by atoms with E-state index in [1.54, 1.807) is 7.05 Å². The first-order valence-corrected chi connectivity index (χ1v) is 8.77. The quantitative estimate of drug-likeness (QED) is 0.421. The first kappa shape index (κ1) is 18.1. The number of hydrogen-bond donors (Lipinski definition) is 1. The number of nitrogens with one attached hydrogen (secondary N) is 1. The Morgan fingerprint density at radius 1 is 1.42 bits per heavy atom. The maximum Gasteiger partial charge on any atom is 0.290 e. The van der Waals surface area contributed by atoms with E-state index in [1.165, 1.54) is 16.4 Å². The topological polar surface area (TPSA) is 91.3 Å². The molecule has 0 fully saturated rings. The highest BCUT2D eigenvalue weighted by Gasteiger charge is 2.14. The summed E-state index contributed by atoms with van der Waals surface area (Å²) in [6, 6.07) is 7.28. The lowest BCUT2D eigenvalue weighted by molar-refractivity contribution is -0.772. The Morgan fingerprint density at radius 2 is 2.17 bits per heavy atom. The molecule has 0 aliphatic carbocycles. The Labute approximate surface area is 145 Å². The summed E-state index contributed by atoms with van der Waals surface area (Å²) in [5, 5.41) is 18.1. The number of hydrogen-bond acceptors (Lipinski definition) is 6. The number of anilines is 1. The van der Waals surface area contributed by atoms with Gasteiger partial charge in [-0.1, -0.05) is 29.8 Å². The van der Waals surface area contributed by atoms with Crippen molar-refractivity contribution in [1.29, 1.82) is 0 Å². The van der Waals surface area contributed by atoms with Gasteiger partial charge in [-0.25, -0.2) is 0 Å². The van der Waals surface area contributed by atoms with Gasteiger partial charge in [0, 0.05) is 17.9 Å². The van der Waals surface area contributed by atoms with Gasteiger partial charge in [0.25, 0.3) is 5.03 Å². The molecule has 0 aliphatic rings. The molecule has 1 amide bonds. The molecular formula is C16H21N3O4S. The van der Waals surface area contributed by atoms with E-state index < -0.39 is 5.95 Å². The van der Waals surface area contributed by atoms with Crippen LogP contribution in [0.4, 0.5) is 5.69 Å². The maximum absolute atomic E-state index is 11.9. The van der Waals surface area contributed by atoms with Gasteiger partial charge in [-0.15, -0.1) is 0 Å². The van der Waals surface area contributed by atoms with Crippen molar-refractivity contribution in [2.45, 2.75) is 31.2 Å². The van der Waals surface area contributed by atoms with E-state index in [9.17, 15) is 9.90 Å². The summed E-state index contributed by atoms with van der Waals surface area (Å²) < 4.78 is 11.5. The minimum absolute atomic E-state index is 0.117. The SMILES string of the molecule is CCCCOc1ccc(NC(=O)CCSc2c([O-])on[n+]2C)cc1. The summed E-state index contributed by atoms with van der Waals surface area (Å²) in [6.07, 6.45) is 2.39. The predicted molar refractivity (Wildman–Crippen MR) is 87.9 cm³/mol.